The summed E-state index contributed by atoms with van der Waals surface area (Å²) in [7, 11) is 0. The Bertz CT molecular complexity index is 570. The lowest BCUT2D eigenvalue weighted by molar-refractivity contribution is 0.447. The summed E-state index contributed by atoms with van der Waals surface area (Å²) in [5.41, 5.74) is 2.05. The molecule has 1 N–H and O–H groups in total. The summed E-state index contributed by atoms with van der Waals surface area (Å²) in [6.45, 7) is 4.92. The van der Waals surface area contributed by atoms with Gasteiger partial charge in [-0.25, -0.2) is 13.2 Å². The van der Waals surface area contributed by atoms with E-state index in [-0.39, 0.29) is 6.04 Å². The Hall–Kier alpha value is -1.81. The summed E-state index contributed by atoms with van der Waals surface area (Å²) >= 11 is 0. The minimum Gasteiger partial charge on any atom is -0.310 e. The van der Waals surface area contributed by atoms with Gasteiger partial charge in [-0.2, -0.15) is 0 Å². The highest BCUT2D eigenvalue weighted by atomic mass is 19.2. The number of nitrogens with one attached hydrogen (secondary N) is 1. The first-order valence-corrected chi connectivity index (χ1v) is 6.51. The van der Waals surface area contributed by atoms with Crippen LogP contribution in [0.15, 0.2) is 36.4 Å². The average Bonchev–Trinajstić information content (AvgIpc) is 2.44. The van der Waals surface area contributed by atoms with Crippen LogP contribution in [0.5, 0.6) is 0 Å². The van der Waals surface area contributed by atoms with Gasteiger partial charge in [0.2, 0.25) is 0 Å². The third-order valence-corrected chi connectivity index (χ3v) is 3.24. The summed E-state index contributed by atoms with van der Waals surface area (Å²) < 4.78 is 39.3. The van der Waals surface area contributed by atoms with Crippen LogP contribution >= 0.6 is 0 Å². The van der Waals surface area contributed by atoms with E-state index in [0.29, 0.717) is 11.1 Å². The van der Waals surface area contributed by atoms with Gasteiger partial charge in [-0.05, 0) is 42.3 Å². The van der Waals surface area contributed by atoms with Gasteiger partial charge < -0.3 is 5.32 Å². The van der Waals surface area contributed by atoms with Crippen LogP contribution in [0.3, 0.4) is 0 Å². The van der Waals surface area contributed by atoms with Crippen LogP contribution in [0.25, 0.3) is 11.1 Å². The molecular weight excluding hydrogens is 263 g/mol. The maximum atomic E-state index is 13.2. The zero-order valence-corrected chi connectivity index (χ0v) is 11.4. The molecule has 0 bridgehead atoms. The predicted molar refractivity (Wildman–Crippen MR) is 73.8 cm³/mol. The molecule has 0 saturated carbocycles. The topological polar surface area (TPSA) is 12.0 Å². The molecule has 0 heterocycles. The van der Waals surface area contributed by atoms with E-state index in [0.717, 1.165) is 24.2 Å². The van der Waals surface area contributed by atoms with Gasteiger partial charge in [0.15, 0.2) is 17.5 Å². The van der Waals surface area contributed by atoms with Gasteiger partial charge >= 0.3 is 0 Å². The van der Waals surface area contributed by atoms with E-state index in [1.165, 1.54) is 0 Å². The summed E-state index contributed by atoms with van der Waals surface area (Å²) in [4.78, 5) is 0. The van der Waals surface area contributed by atoms with Crippen molar-refractivity contribution in [1.82, 2.24) is 5.32 Å². The molecule has 2 aromatic carbocycles. The monoisotopic (exact) mass is 279 g/mol. The molecule has 0 amide bonds. The van der Waals surface area contributed by atoms with Gasteiger partial charge in [-0.3, -0.25) is 0 Å². The molecule has 0 aliphatic carbocycles. The van der Waals surface area contributed by atoms with Gasteiger partial charge in [0.25, 0.3) is 0 Å². The number of halogens is 3. The molecule has 0 aliphatic heterocycles. The van der Waals surface area contributed by atoms with E-state index in [1.54, 1.807) is 12.1 Å². The van der Waals surface area contributed by atoms with Gasteiger partial charge in [0.1, 0.15) is 0 Å². The van der Waals surface area contributed by atoms with Crippen LogP contribution in [0.2, 0.25) is 0 Å². The Balaban J connectivity index is 2.30. The zero-order chi connectivity index (χ0) is 14.7. The highest BCUT2D eigenvalue weighted by Gasteiger charge is 2.12. The number of rotatable bonds is 4. The summed E-state index contributed by atoms with van der Waals surface area (Å²) in [5, 5.41) is 3.28. The van der Waals surface area contributed by atoms with Crippen molar-refractivity contribution in [2.45, 2.75) is 19.9 Å². The van der Waals surface area contributed by atoms with Gasteiger partial charge in [-0.1, -0.05) is 31.2 Å². The maximum absolute atomic E-state index is 13.2. The minimum absolute atomic E-state index is 0.204. The zero-order valence-electron chi connectivity index (χ0n) is 11.4. The van der Waals surface area contributed by atoms with Crippen LogP contribution in [-0.2, 0) is 0 Å². The molecule has 1 atom stereocenters. The Morgan fingerprint density at radius 3 is 2.00 bits per heavy atom. The first kappa shape index (κ1) is 14.6. The van der Waals surface area contributed by atoms with E-state index in [1.807, 2.05) is 26.0 Å². The molecule has 0 saturated heterocycles. The smallest absolute Gasteiger partial charge is 0.194 e. The molecule has 1 unspecified atom stereocenters. The Morgan fingerprint density at radius 2 is 1.50 bits per heavy atom. The van der Waals surface area contributed by atoms with Crippen molar-refractivity contribution in [2.75, 3.05) is 6.54 Å². The molecule has 106 valence electrons. The maximum Gasteiger partial charge on any atom is 0.194 e. The van der Waals surface area contributed by atoms with Crippen molar-refractivity contribution in [3.8, 4) is 11.1 Å². The van der Waals surface area contributed by atoms with Crippen molar-refractivity contribution >= 4 is 0 Å². The second-order valence-electron chi connectivity index (χ2n) is 4.66. The lowest BCUT2D eigenvalue weighted by Crippen LogP contribution is -2.17. The third-order valence-electron chi connectivity index (χ3n) is 3.24. The molecule has 0 radical (unpaired) electrons. The van der Waals surface area contributed by atoms with E-state index in [2.05, 4.69) is 5.32 Å². The van der Waals surface area contributed by atoms with Crippen LogP contribution in [0.1, 0.15) is 25.5 Å². The van der Waals surface area contributed by atoms with Crippen molar-refractivity contribution in [2.24, 2.45) is 0 Å². The molecular formula is C16H16F3N. The van der Waals surface area contributed by atoms with Crippen LogP contribution in [-0.4, -0.2) is 6.54 Å². The average molecular weight is 279 g/mol. The van der Waals surface area contributed by atoms with E-state index < -0.39 is 17.5 Å². The highest BCUT2D eigenvalue weighted by molar-refractivity contribution is 5.64. The number of hydrogen-bond acceptors (Lipinski definition) is 1. The van der Waals surface area contributed by atoms with Crippen LogP contribution < -0.4 is 5.32 Å². The van der Waals surface area contributed by atoms with E-state index in [9.17, 15) is 13.2 Å². The molecule has 2 rings (SSSR count). The van der Waals surface area contributed by atoms with Crippen molar-refractivity contribution in [3.63, 3.8) is 0 Å². The first-order valence-electron chi connectivity index (χ1n) is 6.51. The minimum atomic E-state index is -1.44. The second kappa shape index (κ2) is 6.09. The van der Waals surface area contributed by atoms with Crippen molar-refractivity contribution < 1.29 is 13.2 Å². The second-order valence-corrected chi connectivity index (χ2v) is 4.66. The summed E-state index contributed by atoms with van der Waals surface area (Å²) in [5.74, 6) is -3.79. The SMILES string of the molecule is CCNC(C)c1ccc(-c2cc(F)c(F)c(F)c2)cc1. The molecule has 4 heteroatoms. The van der Waals surface area contributed by atoms with Crippen LogP contribution in [0.4, 0.5) is 13.2 Å². The largest absolute Gasteiger partial charge is 0.310 e. The number of benzene rings is 2. The predicted octanol–water partition coefficient (Wildman–Crippen LogP) is 4.44. The fourth-order valence-electron chi connectivity index (χ4n) is 2.11. The lowest BCUT2D eigenvalue weighted by atomic mass is 10.0. The standard InChI is InChI=1S/C16H16F3N/c1-3-20-10(2)11-4-6-12(7-5-11)13-8-14(17)16(19)15(18)9-13/h4-10,20H,3H2,1-2H3. The fourth-order valence-corrected chi connectivity index (χ4v) is 2.11. The summed E-state index contributed by atoms with van der Waals surface area (Å²) in [6, 6.07) is 9.53. The lowest BCUT2D eigenvalue weighted by Gasteiger charge is -2.13. The third kappa shape index (κ3) is 3.02. The fraction of sp³-hybridized carbons (Fsp3) is 0.250. The molecule has 0 fully saturated rings. The van der Waals surface area contributed by atoms with Gasteiger partial charge in [-0.15, -0.1) is 0 Å². The summed E-state index contributed by atoms with van der Waals surface area (Å²) in [6.07, 6.45) is 0. The quantitative estimate of drug-likeness (QED) is 0.816. The Kier molecular flexibility index (Phi) is 4.45. The molecule has 0 aliphatic rings. The molecule has 0 aromatic heterocycles. The van der Waals surface area contributed by atoms with Gasteiger partial charge in [0, 0.05) is 6.04 Å². The number of hydrogen-bond donors (Lipinski definition) is 1. The Labute approximate surface area is 116 Å². The molecule has 0 spiro atoms. The van der Waals surface area contributed by atoms with Gasteiger partial charge in [0.05, 0.1) is 0 Å². The normalized spacial score (nSPS) is 12.4. The molecule has 1 nitrogen and oxygen atoms in total. The Morgan fingerprint density at radius 1 is 0.950 bits per heavy atom. The first-order chi connectivity index (χ1) is 9.52. The van der Waals surface area contributed by atoms with Crippen molar-refractivity contribution in [3.05, 3.63) is 59.4 Å². The van der Waals surface area contributed by atoms with Crippen molar-refractivity contribution in [1.29, 1.82) is 0 Å². The molecule has 2 aromatic rings. The molecule has 20 heavy (non-hydrogen) atoms. The van der Waals surface area contributed by atoms with Crippen LogP contribution in [0, 0.1) is 17.5 Å². The highest BCUT2D eigenvalue weighted by Crippen LogP contribution is 2.25. The van der Waals surface area contributed by atoms with E-state index >= 15 is 0 Å². The van der Waals surface area contributed by atoms with E-state index in [4.69, 9.17) is 0 Å².